The van der Waals surface area contributed by atoms with Gasteiger partial charge in [0.05, 0.1) is 5.69 Å². The molecule has 6 nitrogen and oxygen atoms in total. The van der Waals surface area contributed by atoms with Crippen LogP contribution in [0.3, 0.4) is 0 Å². The molecule has 0 bridgehead atoms. The van der Waals surface area contributed by atoms with Crippen molar-refractivity contribution in [1.82, 2.24) is 9.88 Å². The lowest BCUT2D eigenvalue weighted by molar-refractivity contribution is -0.122. The predicted octanol–water partition coefficient (Wildman–Crippen LogP) is 7.08. The SMILES string of the molecule is O=C1NC(=S)N(c2ccc(Oc3ccccc3)cc2)C(=O)/C1=C/c1cn(Cc2ccc(Br)cc2)c2ccccc12. The van der Waals surface area contributed by atoms with Gasteiger partial charge in [-0.05, 0) is 78.5 Å². The molecule has 40 heavy (non-hydrogen) atoms. The van der Waals surface area contributed by atoms with Crippen LogP contribution in [0, 0.1) is 0 Å². The number of para-hydroxylation sites is 2. The zero-order valence-corrected chi connectivity index (χ0v) is 23.5. The van der Waals surface area contributed by atoms with Crippen LogP contribution in [0.2, 0.25) is 0 Å². The van der Waals surface area contributed by atoms with E-state index in [2.05, 4.69) is 37.9 Å². The maximum atomic E-state index is 13.7. The van der Waals surface area contributed by atoms with Crippen LogP contribution >= 0.6 is 28.1 Å². The number of benzene rings is 4. The average molecular weight is 609 g/mol. The number of anilines is 1. The molecule has 1 fully saturated rings. The second-order valence-electron chi connectivity index (χ2n) is 9.22. The first kappa shape index (κ1) is 25.7. The summed E-state index contributed by atoms with van der Waals surface area (Å²) in [5.41, 5.74) is 3.43. The third-order valence-corrected chi connectivity index (χ3v) is 7.37. The van der Waals surface area contributed by atoms with Gasteiger partial charge in [0, 0.05) is 33.7 Å². The maximum absolute atomic E-state index is 13.7. The molecule has 1 saturated heterocycles. The largest absolute Gasteiger partial charge is 0.457 e. The van der Waals surface area contributed by atoms with Crippen molar-refractivity contribution in [3.05, 3.63) is 130 Å². The van der Waals surface area contributed by atoms with Gasteiger partial charge in [-0.3, -0.25) is 19.8 Å². The monoisotopic (exact) mass is 607 g/mol. The van der Waals surface area contributed by atoms with E-state index in [0.29, 0.717) is 23.7 Å². The Morgan fingerprint density at radius 1 is 0.825 bits per heavy atom. The molecule has 0 atom stereocenters. The van der Waals surface area contributed by atoms with Gasteiger partial charge in [-0.15, -0.1) is 0 Å². The molecule has 0 spiro atoms. The Kier molecular flexibility index (Phi) is 7.02. The van der Waals surface area contributed by atoms with E-state index in [1.807, 2.05) is 72.9 Å². The quantitative estimate of drug-likeness (QED) is 0.127. The smallest absolute Gasteiger partial charge is 0.270 e. The lowest BCUT2D eigenvalue weighted by Crippen LogP contribution is -2.54. The molecule has 1 aliphatic rings. The van der Waals surface area contributed by atoms with Crippen molar-refractivity contribution in [3.8, 4) is 11.5 Å². The van der Waals surface area contributed by atoms with Crippen molar-refractivity contribution in [3.63, 3.8) is 0 Å². The predicted molar refractivity (Wildman–Crippen MR) is 164 cm³/mol. The highest BCUT2D eigenvalue weighted by Crippen LogP contribution is 2.29. The molecular formula is C32H22BrN3O3S. The first-order valence-electron chi connectivity index (χ1n) is 12.5. The molecule has 8 heteroatoms. The van der Waals surface area contributed by atoms with Gasteiger partial charge >= 0.3 is 0 Å². The Hall–Kier alpha value is -4.53. The fraction of sp³-hybridized carbons (Fsp3) is 0.0312. The minimum Gasteiger partial charge on any atom is -0.457 e. The number of nitrogens with zero attached hydrogens (tertiary/aromatic N) is 2. The molecule has 0 radical (unpaired) electrons. The number of aromatic nitrogens is 1. The first-order chi connectivity index (χ1) is 19.5. The molecule has 1 aromatic heterocycles. The molecule has 0 saturated carbocycles. The normalized spacial score (nSPS) is 14.6. The highest BCUT2D eigenvalue weighted by Gasteiger charge is 2.34. The number of thiocarbonyl (C=S) groups is 1. The molecule has 2 heterocycles. The van der Waals surface area contributed by atoms with E-state index in [4.69, 9.17) is 17.0 Å². The number of amides is 2. The average Bonchev–Trinajstić information content (AvgIpc) is 3.30. The van der Waals surface area contributed by atoms with E-state index in [-0.39, 0.29) is 10.7 Å². The van der Waals surface area contributed by atoms with Crippen molar-refractivity contribution in [2.75, 3.05) is 4.90 Å². The van der Waals surface area contributed by atoms with E-state index in [0.717, 1.165) is 26.5 Å². The minimum absolute atomic E-state index is 0.00440. The van der Waals surface area contributed by atoms with Crippen LogP contribution in [0.1, 0.15) is 11.1 Å². The Morgan fingerprint density at radius 2 is 1.50 bits per heavy atom. The van der Waals surface area contributed by atoms with Crippen LogP contribution in [0.5, 0.6) is 11.5 Å². The van der Waals surface area contributed by atoms with Crippen LogP contribution in [0.15, 0.2) is 119 Å². The lowest BCUT2D eigenvalue weighted by Gasteiger charge is -2.29. The topological polar surface area (TPSA) is 63.6 Å². The van der Waals surface area contributed by atoms with E-state index < -0.39 is 11.8 Å². The summed E-state index contributed by atoms with van der Waals surface area (Å²) in [6.45, 7) is 0.644. The van der Waals surface area contributed by atoms with Gasteiger partial charge in [0.2, 0.25) is 0 Å². The van der Waals surface area contributed by atoms with Gasteiger partial charge in [0.15, 0.2) is 5.11 Å². The molecule has 1 N–H and O–H groups in total. The van der Waals surface area contributed by atoms with Crippen molar-refractivity contribution in [2.45, 2.75) is 6.54 Å². The fourth-order valence-electron chi connectivity index (χ4n) is 4.64. The van der Waals surface area contributed by atoms with Crippen molar-refractivity contribution in [1.29, 1.82) is 0 Å². The number of rotatable bonds is 6. The Bertz CT molecular complexity index is 1780. The zero-order valence-electron chi connectivity index (χ0n) is 21.1. The summed E-state index contributed by atoms with van der Waals surface area (Å²) in [4.78, 5) is 28.0. The molecule has 2 amide bonds. The molecule has 6 rings (SSSR count). The zero-order chi connectivity index (χ0) is 27.6. The van der Waals surface area contributed by atoms with Crippen molar-refractivity contribution >= 4 is 67.7 Å². The van der Waals surface area contributed by atoms with Crippen molar-refractivity contribution < 1.29 is 14.3 Å². The summed E-state index contributed by atoms with van der Waals surface area (Å²) < 4.78 is 8.99. The van der Waals surface area contributed by atoms with Gasteiger partial charge in [-0.25, -0.2) is 0 Å². The molecule has 4 aromatic carbocycles. The number of carbonyl (C=O) groups is 2. The summed E-state index contributed by atoms with van der Waals surface area (Å²) in [6.07, 6.45) is 3.60. The fourth-order valence-corrected chi connectivity index (χ4v) is 5.19. The minimum atomic E-state index is -0.528. The van der Waals surface area contributed by atoms with Crippen molar-refractivity contribution in [2.24, 2.45) is 0 Å². The summed E-state index contributed by atoms with van der Waals surface area (Å²) in [7, 11) is 0. The van der Waals surface area contributed by atoms with Gasteiger partial charge in [0.25, 0.3) is 11.8 Å². The number of nitrogens with one attached hydrogen (secondary N) is 1. The number of carbonyl (C=O) groups excluding carboxylic acids is 2. The van der Waals surface area contributed by atoms with Crippen LogP contribution in [0.25, 0.3) is 17.0 Å². The van der Waals surface area contributed by atoms with Gasteiger partial charge in [-0.2, -0.15) is 0 Å². The van der Waals surface area contributed by atoms with Crippen LogP contribution in [-0.2, 0) is 16.1 Å². The Balaban J connectivity index is 1.31. The van der Waals surface area contributed by atoms with Crippen LogP contribution < -0.4 is 15.0 Å². The maximum Gasteiger partial charge on any atom is 0.270 e. The summed E-state index contributed by atoms with van der Waals surface area (Å²) >= 11 is 8.87. The number of ether oxygens (including phenoxy) is 1. The first-order valence-corrected chi connectivity index (χ1v) is 13.7. The van der Waals surface area contributed by atoms with Crippen LogP contribution in [0.4, 0.5) is 5.69 Å². The molecule has 196 valence electrons. The van der Waals surface area contributed by atoms with Gasteiger partial charge < -0.3 is 9.30 Å². The summed E-state index contributed by atoms with van der Waals surface area (Å²) in [5.74, 6) is 0.301. The van der Waals surface area contributed by atoms with E-state index >= 15 is 0 Å². The molecule has 0 unspecified atom stereocenters. The number of fused-ring (bicyclic) bond motifs is 1. The molecular weight excluding hydrogens is 586 g/mol. The summed E-state index contributed by atoms with van der Waals surface area (Å²) in [6, 6.07) is 32.5. The number of halogens is 1. The molecule has 0 aliphatic carbocycles. The second-order valence-corrected chi connectivity index (χ2v) is 10.5. The summed E-state index contributed by atoms with van der Waals surface area (Å²) in [5, 5.41) is 3.64. The van der Waals surface area contributed by atoms with Gasteiger partial charge in [-0.1, -0.05) is 64.5 Å². The molecule has 5 aromatic rings. The van der Waals surface area contributed by atoms with Crippen LogP contribution in [-0.4, -0.2) is 21.5 Å². The van der Waals surface area contributed by atoms with E-state index in [9.17, 15) is 9.59 Å². The highest BCUT2D eigenvalue weighted by atomic mass is 79.9. The standard InChI is InChI=1S/C32H22BrN3O3S/c33-23-12-10-21(11-13-23)19-35-20-22(27-8-4-5-9-29(27)35)18-28-30(37)34-32(40)36(31(28)38)24-14-16-26(17-15-24)39-25-6-2-1-3-7-25/h1-18,20H,19H2,(H,34,37,40)/b28-18+. The number of hydrogen-bond donors (Lipinski definition) is 1. The Morgan fingerprint density at radius 3 is 2.25 bits per heavy atom. The molecule has 1 aliphatic heterocycles. The second kappa shape index (κ2) is 10.9. The lowest BCUT2D eigenvalue weighted by atomic mass is 10.1. The third-order valence-electron chi connectivity index (χ3n) is 6.56. The van der Waals surface area contributed by atoms with Gasteiger partial charge in [0.1, 0.15) is 17.1 Å². The van der Waals surface area contributed by atoms with E-state index in [1.165, 1.54) is 4.90 Å². The van der Waals surface area contributed by atoms with E-state index in [1.54, 1.807) is 30.3 Å². The Labute approximate surface area is 244 Å². The third kappa shape index (κ3) is 5.19. The highest BCUT2D eigenvalue weighted by molar-refractivity contribution is 9.10. The number of hydrogen-bond acceptors (Lipinski definition) is 4.